The van der Waals surface area contributed by atoms with Gasteiger partial charge < -0.3 is 4.90 Å². The van der Waals surface area contributed by atoms with Gasteiger partial charge in [-0.3, -0.25) is 10.4 Å². The number of thiocarbonyl (C=S) groups is 1. The first-order chi connectivity index (χ1) is 10.7. The van der Waals surface area contributed by atoms with Crippen LogP contribution in [-0.2, 0) is 0 Å². The molecule has 0 bridgehead atoms. The number of hydrogen-bond acceptors (Lipinski definition) is 3. The molecule has 0 unspecified atom stereocenters. The summed E-state index contributed by atoms with van der Waals surface area (Å²) in [5.74, 6) is 0. The molecule has 119 valence electrons. The van der Waals surface area contributed by atoms with Crippen LogP contribution < -0.4 is 5.43 Å². The molecule has 1 aliphatic heterocycles. The predicted molar refractivity (Wildman–Crippen MR) is 99.7 cm³/mol. The van der Waals surface area contributed by atoms with Crippen LogP contribution in [0.4, 0.5) is 0 Å². The zero-order chi connectivity index (χ0) is 16.2. The molecule has 0 saturated carbocycles. The van der Waals surface area contributed by atoms with Gasteiger partial charge in [0.05, 0.1) is 11.4 Å². The SMILES string of the molecule is CC(=NNC(=S)N1CCCCCC1)c1ccccn1.[Cl][Ga][Cl]. The Morgan fingerprint density at radius 2 is 1.91 bits per heavy atom. The van der Waals surface area contributed by atoms with Gasteiger partial charge >= 0.3 is 34.7 Å². The molecule has 0 aromatic carbocycles. The molecule has 1 saturated heterocycles. The van der Waals surface area contributed by atoms with E-state index in [9.17, 15) is 0 Å². The number of halogens is 2. The Kier molecular flexibility index (Phi) is 11.0. The van der Waals surface area contributed by atoms with E-state index in [4.69, 9.17) is 31.5 Å². The summed E-state index contributed by atoms with van der Waals surface area (Å²) in [4.78, 5) is 6.46. The molecule has 2 rings (SSSR count). The third kappa shape index (κ3) is 7.83. The summed E-state index contributed by atoms with van der Waals surface area (Å²) in [6.07, 6.45) is 6.79. The average molecular weight is 417 g/mol. The molecule has 1 aromatic heterocycles. The van der Waals surface area contributed by atoms with E-state index in [1.807, 2.05) is 25.1 Å². The van der Waals surface area contributed by atoms with Crippen molar-refractivity contribution >= 4 is 57.7 Å². The molecule has 4 nitrogen and oxygen atoms in total. The monoisotopic (exact) mass is 415 g/mol. The third-order valence-corrected chi connectivity index (χ3v) is 3.60. The number of aromatic nitrogens is 1. The second kappa shape index (κ2) is 12.2. The van der Waals surface area contributed by atoms with Gasteiger partial charge in [-0.05, 0) is 44.1 Å². The van der Waals surface area contributed by atoms with Gasteiger partial charge in [0.2, 0.25) is 0 Å². The van der Waals surface area contributed by atoms with E-state index in [0.29, 0.717) is 0 Å². The summed E-state index contributed by atoms with van der Waals surface area (Å²) in [6, 6.07) is 5.79. The van der Waals surface area contributed by atoms with Gasteiger partial charge in [0.25, 0.3) is 0 Å². The molecule has 0 atom stereocenters. The number of hydrogen-bond donors (Lipinski definition) is 1. The van der Waals surface area contributed by atoms with E-state index in [1.54, 1.807) is 6.20 Å². The molecule has 1 radical (unpaired) electrons. The van der Waals surface area contributed by atoms with Crippen molar-refractivity contribution in [2.75, 3.05) is 13.1 Å². The van der Waals surface area contributed by atoms with E-state index in [1.165, 1.54) is 25.7 Å². The zero-order valence-electron chi connectivity index (χ0n) is 12.6. The van der Waals surface area contributed by atoms with Crippen molar-refractivity contribution in [3.63, 3.8) is 0 Å². The first-order valence-corrected chi connectivity index (χ1v) is 14.0. The maximum atomic E-state index is 5.39. The van der Waals surface area contributed by atoms with Crippen molar-refractivity contribution in [3.05, 3.63) is 30.1 Å². The summed E-state index contributed by atoms with van der Waals surface area (Å²) in [7, 11) is 9.84. The Morgan fingerprint density at radius 3 is 2.45 bits per heavy atom. The van der Waals surface area contributed by atoms with Crippen LogP contribution in [0.2, 0.25) is 0 Å². The van der Waals surface area contributed by atoms with Crippen molar-refractivity contribution < 1.29 is 0 Å². The summed E-state index contributed by atoms with van der Waals surface area (Å²) < 4.78 is 0. The Hall–Kier alpha value is -0.274. The Balaban J connectivity index is 0.000000745. The van der Waals surface area contributed by atoms with Gasteiger partial charge in [-0.15, -0.1) is 0 Å². The van der Waals surface area contributed by atoms with Crippen LogP contribution in [0.3, 0.4) is 0 Å². The van der Waals surface area contributed by atoms with E-state index in [2.05, 4.69) is 20.4 Å². The van der Waals surface area contributed by atoms with Crippen molar-refractivity contribution in [1.29, 1.82) is 0 Å². The van der Waals surface area contributed by atoms with Crippen LogP contribution in [-0.4, -0.2) is 49.2 Å². The van der Waals surface area contributed by atoms with E-state index in [0.717, 1.165) is 29.6 Å². The number of pyridine rings is 1. The standard InChI is InChI=1S/C14H20N4S.2ClH.Ga/c1-12(13-8-4-5-9-15-13)16-17-14(19)18-10-6-2-3-7-11-18;;;/h4-5,8-9H,2-3,6-7,10-11H2,1H3,(H,17,19);2*1H;/q;;;+2/p-2. The molecule has 1 aromatic rings. The fraction of sp³-hybridized carbons (Fsp3) is 0.500. The summed E-state index contributed by atoms with van der Waals surface area (Å²) in [5.41, 5.74) is 4.70. The van der Waals surface area contributed by atoms with Crippen LogP contribution >= 0.6 is 31.5 Å². The summed E-state index contributed by atoms with van der Waals surface area (Å²) >= 11 is 4.65. The predicted octanol–water partition coefficient (Wildman–Crippen LogP) is 3.55. The molecular weight excluding hydrogens is 397 g/mol. The number of nitrogens with zero attached hydrogens (tertiary/aromatic N) is 3. The van der Waals surface area contributed by atoms with Gasteiger partial charge in [-0.25, -0.2) is 0 Å². The minimum absolute atomic E-state index is 0.720. The van der Waals surface area contributed by atoms with E-state index < -0.39 is 15.4 Å². The number of rotatable bonds is 2. The first kappa shape index (κ1) is 19.8. The van der Waals surface area contributed by atoms with Gasteiger partial charge in [0.1, 0.15) is 0 Å². The molecule has 0 amide bonds. The quantitative estimate of drug-likeness (QED) is 0.346. The Morgan fingerprint density at radius 1 is 1.27 bits per heavy atom. The van der Waals surface area contributed by atoms with Gasteiger partial charge in [-0.2, -0.15) is 5.10 Å². The summed E-state index contributed by atoms with van der Waals surface area (Å²) in [6.45, 7) is 3.99. The van der Waals surface area contributed by atoms with Crippen molar-refractivity contribution in [2.24, 2.45) is 5.10 Å². The fourth-order valence-corrected chi connectivity index (χ4v) is 2.34. The second-order valence-corrected chi connectivity index (χ2v) is 8.97. The maximum absolute atomic E-state index is 5.39. The zero-order valence-corrected chi connectivity index (χ0v) is 17.4. The minimum atomic E-state index is -0.743. The molecule has 1 aliphatic rings. The van der Waals surface area contributed by atoms with Crippen LogP contribution in [0.5, 0.6) is 0 Å². The van der Waals surface area contributed by atoms with E-state index >= 15 is 0 Å². The van der Waals surface area contributed by atoms with Gasteiger partial charge in [0, 0.05) is 19.3 Å². The normalized spacial score (nSPS) is 15.2. The van der Waals surface area contributed by atoms with Crippen molar-refractivity contribution in [3.8, 4) is 0 Å². The Labute approximate surface area is 153 Å². The topological polar surface area (TPSA) is 40.5 Å². The van der Waals surface area contributed by atoms with Crippen LogP contribution in [0.25, 0.3) is 0 Å². The average Bonchev–Trinajstić information content (AvgIpc) is 2.83. The second-order valence-electron chi connectivity index (χ2n) is 4.81. The number of likely N-dealkylation sites (tertiary alicyclic amines) is 1. The van der Waals surface area contributed by atoms with Crippen molar-refractivity contribution in [2.45, 2.75) is 32.6 Å². The van der Waals surface area contributed by atoms with Crippen LogP contribution in [0.1, 0.15) is 38.3 Å². The summed E-state index contributed by atoms with van der Waals surface area (Å²) in [5, 5.41) is 5.04. The number of nitrogens with one attached hydrogen (secondary N) is 1. The number of hydrazone groups is 1. The molecular formula is C14H20Cl2GaN4S. The molecule has 8 heteroatoms. The van der Waals surface area contributed by atoms with Gasteiger partial charge in [-0.1, -0.05) is 18.9 Å². The van der Waals surface area contributed by atoms with Gasteiger partial charge in [0.15, 0.2) is 5.11 Å². The molecule has 1 N–H and O–H groups in total. The molecule has 0 aliphatic carbocycles. The van der Waals surface area contributed by atoms with Crippen molar-refractivity contribution in [1.82, 2.24) is 15.3 Å². The molecule has 2 heterocycles. The van der Waals surface area contributed by atoms with Crippen LogP contribution in [0, 0.1) is 0 Å². The molecule has 0 spiro atoms. The Bertz CT molecular complexity index is 465. The van der Waals surface area contributed by atoms with Crippen LogP contribution in [0.15, 0.2) is 29.5 Å². The molecule has 22 heavy (non-hydrogen) atoms. The first-order valence-electron chi connectivity index (χ1n) is 7.21. The fourth-order valence-electron chi connectivity index (χ4n) is 2.11. The third-order valence-electron chi connectivity index (χ3n) is 3.25. The van der Waals surface area contributed by atoms with E-state index in [-0.39, 0.29) is 0 Å². The molecule has 1 fully saturated rings.